The van der Waals surface area contributed by atoms with Gasteiger partial charge in [-0.25, -0.2) is 4.98 Å². The monoisotopic (exact) mass is 224 g/mol. The first-order valence-corrected chi connectivity index (χ1v) is 5.45. The summed E-state index contributed by atoms with van der Waals surface area (Å²) < 4.78 is 5.84. The summed E-state index contributed by atoms with van der Waals surface area (Å²) in [4.78, 5) is 4.07. The first-order chi connectivity index (χ1) is 8.24. The Labute approximate surface area is 98.9 Å². The van der Waals surface area contributed by atoms with Gasteiger partial charge in [0.25, 0.3) is 0 Å². The van der Waals surface area contributed by atoms with E-state index in [9.17, 15) is 0 Å². The van der Waals surface area contributed by atoms with Crippen molar-refractivity contribution in [1.29, 1.82) is 0 Å². The number of nitrogens with two attached hydrogens (primary N) is 1. The molecule has 84 valence electrons. The molecule has 0 saturated carbocycles. The van der Waals surface area contributed by atoms with Gasteiger partial charge in [0.05, 0.1) is 0 Å². The molecule has 2 aromatic heterocycles. The van der Waals surface area contributed by atoms with E-state index in [0.29, 0.717) is 5.82 Å². The van der Waals surface area contributed by atoms with Gasteiger partial charge in [0.15, 0.2) is 0 Å². The number of hydrogen-bond donors (Lipinski definition) is 1. The molecule has 0 aliphatic heterocycles. The minimum absolute atomic E-state index is 0.515. The summed E-state index contributed by atoms with van der Waals surface area (Å²) in [6, 6.07) is 11.8. The summed E-state index contributed by atoms with van der Waals surface area (Å²) >= 11 is 0. The fourth-order valence-electron chi connectivity index (χ4n) is 1.90. The van der Waals surface area contributed by atoms with E-state index >= 15 is 0 Å². The molecular formula is C14H12N2O. The molecular weight excluding hydrogens is 212 g/mol. The van der Waals surface area contributed by atoms with Crippen molar-refractivity contribution in [3.63, 3.8) is 0 Å². The highest BCUT2D eigenvalue weighted by molar-refractivity contribution is 5.85. The van der Waals surface area contributed by atoms with Crippen LogP contribution in [0.4, 0.5) is 5.82 Å². The van der Waals surface area contributed by atoms with E-state index in [0.717, 1.165) is 27.9 Å². The highest BCUT2D eigenvalue weighted by Crippen LogP contribution is 2.29. The van der Waals surface area contributed by atoms with E-state index in [4.69, 9.17) is 10.2 Å². The van der Waals surface area contributed by atoms with Crippen molar-refractivity contribution >= 4 is 16.8 Å². The van der Waals surface area contributed by atoms with Crippen molar-refractivity contribution < 1.29 is 4.42 Å². The molecule has 0 aliphatic carbocycles. The van der Waals surface area contributed by atoms with Crippen LogP contribution in [0.2, 0.25) is 0 Å². The van der Waals surface area contributed by atoms with Gasteiger partial charge in [-0.2, -0.15) is 0 Å². The molecule has 0 saturated heterocycles. The first-order valence-electron chi connectivity index (χ1n) is 5.45. The first kappa shape index (κ1) is 9.90. The lowest BCUT2D eigenvalue weighted by molar-refractivity contribution is 0.628. The zero-order chi connectivity index (χ0) is 11.8. The van der Waals surface area contributed by atoms with Crippen LogP contribution in [0.15, 0.2) is 47.0 Å². The number of hydrogen-bond acceptors (Lipinski definition) is 3. The molecule has 0 bridgehead atoms. The van der Waals surface area contributed by atoms with Gasteiger partial charge in [0.1, 0.15) is 17.2 Å². The van der Waals surface area contributed by atoms with Gasteiger partial charge in [-0.05, 0) is 30.7 Å². The maximum atomic E-state index is 5.84. The fourth-order valence-corrected chi connectivity index (χ4v) is 1.90. The predicted molar refractivity (Wildman–Crippen MR) is 68.6 cm³/mol. The number of furan rings is 1. The zero-order valence-corrected chi connectivity index (χ0v) is 9.47. The Kier molecular flexibility index (Phi) is 2.11. The number of benzene rings is 1. The summed E-state index contributed by atoms with van der Waals surface area (Å²) in [5.74, 6) is 1.34. The van der Waals surface area contributed by atoms with Gasteiger partial charge < -0.3 is 10.2 Å². The van der Waals surface area contributed by atoms with Crippen LogP contribution < -0.4 is 5.73 Å². The summed E-state index contributed by atoms with van der Waals surface area (Å²) in [5.41, 5.74) is 8.57. The van der Waals surface area contributed by atoms with Gasteiger partial charge >= 0.3 is 0 Å². The van der Waals surface area contributed by atoms with E-state index in [1.165, 1.54) is 0 Å². The molecule has 3 heteroatoms. The molecule has 0 aliphatic rings. The van der Waals surface area contributed by atoms with Crippen LogP contribution in [0.25, 0.3) is 22.3 Å². The van der Waals surface area contributed by atoms with Crippen LogP contribution in [-0.4, -0.2) is 4.98 Å². The van der Waals surface area contributed by atoms with Crippen LogP contribution in [-0.2, 0) is 0 Å². The lowest BCUT2D eigenvalue weighted by Crippen LogP contribution is -1.88. The number of pyridine rings is 1. The number of rotatable bonds is 1. The summed E-state index contributed by atoms with van der Waals surface area (Å²) in [6.45, 7) is 2.04. The molecule has 0 atom stereocenters. The average Bonchev–Trinajstić information content (AvgIpc) is 2.75. The number of aryl methyl sites for hydroxylation is 1. The number of fused-ring (bicyclic) bond motifs is 1. The number of aromatic nitrogens is 1. The Balaban J connectivity index is 2.18. The van der Waals surface area contributed by atoms with Crippen molar-refractivity contribution in [3.8, 4) is 11.3 Å². The maximum Gasteiger partial charge on any atom is 0.137 e. The van der Waals surface area contributed by atoms with Crippen molar-refractivity contribution in [3.05, 3.63) is 48.2 Å². The Morgan fingerprint density at radius 1 is 1.18 bits per heavy atom. The Bertz CT molecular complexity index is 668. The third kappa shape index (κ3) is 1.65. The van der Waals surface area contributed by atoms with Crippen LogP contribution in [0, 0.1) is 6.92 Å². The van der Waals surface area contributed by atoms with E-state index in [1.807, 2.05) is 37.3 Å². The van der Waals surface area contributed by atoms with Crippen LogP contribution in [0.5, 0.6) is 0 Å². The molecule has 1 aromatic carbocycles. The van der Waals surface area contributed by atoms with Gasteiger partial charge in [0.2, 0.25) is 0 Å². The lowest BCUT2D eigenvalue weighted by atomic mass is 10.1. The molecule has 0 radical (unpaired) electrons. The number of nitrogen functional groups attached to an aromatic ring is 1. The second kappa shape index (κ2) is 3.63. The standard InChI is InChI=1S/C14H12N2O/c1-9-3-2-4-10-7-12(17-14(9)10)11-5-6-13(15)16-8-11/h2-8H,1H3,(H2,15,16). The molecule has 3 rings (SSSR count). The molecule has 0 unspecified atom stereocenters. The Hall–Kier alpha value is -2.29. The third-order valence-electron chi connectivity index (χ3n) is 2.81. The van der Waals surface area contributed by atoms with E-state index in [-0.39, 0.29) is 0 Å². The number of nitrogens with zero attached hydrogens (tertiary/aromatic N) is 1. The molecule has 2 heterocycles. The van der Waals surface area contributed by atoms with Gasteiger partial charge in [-0.3, -0.25) is 0 Å². The van der Waals surface area contributed by atoms with E-state index in [2.05, 4.69) is 4.98 Å². The molecule has 3 aromatic rings. The number of anilines is 1. The second-order valence-electron chi connectivity index (χ2n) is 4.08. The number of para-hydroxylation sites is 1. The molecule has 3 nitrogen and oxygen atoms in total. The van der Waals surface area contributed by atoms with Crippen molar-refractivity contribution in [2.75, 3.05) is 5.73 Å². The maximum absolute atomic E-state index is 5.84. The fraction of sp³-hybridized carbons (Fsp3) is 0.0714. The zero-order valence-electron chi connectivity index (χ0n) is 9.47. The molecule has 17 heavy (non-hydrogen) atoms. The minimum Gasteiger partial charge on any atom is -0.456 e. The molecule has 0 fully saturated rings. The normalized spacial score (nSPS) is 10.9. The Morgan fingerprint density at radius 2 is 2.06 bits per heavy atom. The molecule has 2 N–H and O–H groups in total. The topological polar surface area (TPSA) is 52.0 Å². The molecule has 0 spiro atoms. The summed E-state index contributed by atoms with van der Waals surface area (Å²) in [5, 5.41) is 1.11. The van der Waals surface area contributed by atoms with Crippen molar-refractivity contribution in [1.82, 2.24) is 4.98 Å². The highest BCUT2D eigenvalue weighted by Gasteiger charge is 2.07. The van der Waals surface area contributed by atoms with Crippen molar-refractivity contribution in [2.45, 2.75) is 6.92 Å². The van der Waals surface area contributed by atoms with Crippen molar-refractivity contribution in [2.24, 2.45) is 0 Å². The smallest absolute Gasteiger partial charge is 0.137 e. The minimum atomic E-state index is 0.515. The lowest BCUT2D eigenvalue weighted by Gasteiger charge is -1.96. The van der Waals surface area contributed by atoms with E-state index in [1.54, 1.807) is 12.3 Å². The summed E-state index contributed by atoms with van der Waals surface area (Å²) in [6.07, 6.45) is 1.72. The van der Waals surface area contributed by atoms with Crippen LogP contribution in [0.1, 0.15) is 5.56 Å². The second-order valence-corrected chi connectivity index (χ2v) is 4.08. The van der Waals surface area contributed by atoms with Crippen LogP contribution >= 0.6 is 0 Å². The highest BCUT2D eigenvalue weighted by atomic mass is 16.3. The summed E-state index contributed by atoms with van der Waals surface area (Å²) in [7, 11) is 0. The SMILES string of the molecule is Cc1cccc2cc(-c3ccc(N)nc3)oc12. The predicted octanol–water partition coefficient (Wildman–Crippen LogP) is 3.39. The van der Waals surface area contributed by atoms with Crippen LogP contribution in [0.3, 0.4) is 0 Å². The quantitative estimate of drug-likeness (QED) is 0.689. The Morgan fingerprint density at radius 3 is 2.76 bits per heavy atom. The van der Waals surface area contributed by atoms with Gasteiger partial charge in [0, 0.05) is 17.1 Å². The van der Waals surface area contributed by atoms with E-state index < -0.39 is 0 Å². The largest absolute Gasteiger partial charge is 0.456 e. The third-order valence-corrected chi connectivity index (χ3v) is 2.81. The van der Waals surface area contributed by atoms with Gasteiger partial charge in [-0.15, -0.1) is 0 Å². The van der Waals surface area contributed by atoms with Gasteiger partial charge in [-0.1, -0.05) is 18.2 Å². The molecule has 0 amide bonds. The average molecular weight is 224 g/mol.